The van der Waals surface area contributed by atoms with Gasteiger partial charge in [-0.1, -0.05) is 61.1 Å². The molecule has 130 valence electrons. The molecule has 0 amide bonds. The smallest absolute Gasteiger partial charge is 0.247 e. The van der Waals surface area contributed by atoms with Crippen LogP contribution in [0.2, 0.25) is 0 Å². The van der Waals surface area contributed by atoms with Gasteiger partial charge in [0.2, 0.25) is 11.1 Å². The molecule has 0 saturated heterocycles. The van der Waals surface area contributed by atoms with E-state index in [0.29, 0.717) is 0 Å². The topological polar surface area (TPSA) is 65.7 Å². The molecule has 0 atom stereocenters. The Morgan fingerprint density at radius 2 is 1.00 bits per heavy atom. The van der Waals surface area contributed by atoms with Gasteiger partial charge in [0, 0.05) is 26.0 Å². The Balaban J connectivity index is 0. The second-order valence-corrected chi connectivity index (χ2v) is 7.38. The second kappa shape index (κ2) is 7.95. The Morgan fingerprint density at radius 3 is 1.17 bits per heavy atom. The van der Waals surface area contributed by atoms with E-state index in [4.69, 9.17) is 0 Å². The van der Waals surface area contributed by atoms with Crippen molar-refractivity contribution in [2.45, 2.75) is 59.8 Å². The van der Waals surface area contributed by atoms with Crippen LogP contribution >= 0.6 is 0 Å². The Bertz CT molecular complexity index is 615. The molecule has 0 aromatic carbocycles. The van der Waals surface area contributed by atoms with Gasteiger partial charge in [-0.3, -0.25) is 9.59 Å². The van der Waals surface area contributed by atoms with Crippen molar-refractivity contribution < 1.29 is 1.43 Å². The SMILES string of the molecule is C.CC(C)(C)c1ccc(=O)[nH]c1.CC(C)(C)c1ccc(=O)[nH]c1.[2HH]. The third-order valence-electron chi connectivity index (χ3n) is 3.30. The number of pyridine rings is 2. The Kier molecular flexibility index (Phi) is 7.23. The van der Waals surface area contributed by atoms with Gasteiger partial charge in [-0.2, -0.15) is 0 Å². The minimum absolute atomic E-state index is 0. The van der Waals surface area contributed by atoms with E-state index < -0.39 is 0 Å². The minimum Gasteiger partial charge on any atom is -0.329 e. The van der Waals surface area contributed by atoms with Gasteiger partial charge in [-0.15, -0.1) is 0 Å². The van der Waals surface area contributed by atoms with Crippen molar-refractivity contribution >= 4 is 0 Å². The van der Waals surface area contributed by atoms with Gasteiger partial charge in [0.15, 0.2) is 0 Å². The highest BCUT2D eigenvalue weighted by atomic mass is 16.1. The van der Waals surface area contributed by atoms with Gasteiger partial charge in [0.05, 0.1) is 0 Å². The summed E-state index contributed by atoms with van der Waals surface area (Å²) in [6.07, 6.45) is 3.53. The maximum atomic E-state index is 10.7. The van der Waals surface area contributed by atoms with Gasteiger partial charge in [0.1, 0.15) is 0 Å². The molecule has 2 N–H and O–H groups in total. The van der Waals surface area contributed by atoms with Crippen molar-refractivity contribution in [2.75, 3.05) is 0 Å². The molecule has 0 fully saturated rings. The van der Waals surface area contributed by atoms with Crippen LogP contribution in [-0.2, 0) is 10.8 Å². The van der Waals surface area contributed by atoms with E-state index in [1.807, 2.05) is 12.1 Å². The molecule has 2 heterocycles. The summed E-state index contributed by atoms with van der Waals surface area (Å²) >= 11 is 0. The molecule has 0 unspecified atom stereocenters. The number of hydrogen-bond donors (Lipinski definition) is 2. The van der Waals surface area contributed by atoms with Crippen LogP contribution in [-0.4, -0.2) is 9.97 Å². The number of nitrogens with one attached hydrogen (secondary N) is 2. The lowest BCUT2D eigenvalue weighted by Crippen LogP contribution is -2.14. The minimum atomic E-state index is -0.0435. The fourth-order valence-electron chi connectivity index (χ4n) is 1.75. The largest absolute Gasteiger partial charge is 0.329 e. The Hall–Kier alpha value is -2.10. The van der Waals surface area contributed by atoms with Crippen molar-refractivity contribution in [3.05, 3.63) is 68.5 Å². The maximum Gasteiger partial charge on any atom is 0.247 e. The highest BCUT2D eigenvalue weighted by molar-refractivity contribution is 5.18. The second-order valence-electron chi connectivity index (χ2n) is 7.38. The lowest BCUT2D eigenvalue weighted by molar-refractivity contribution is 0.586. The van der Waals surface area contributed by atoms with E-state index in [9.17, 15) is 9.59 Å². The van der Waals surface area contributed by atoms with Crippen molar-refractivity contribution in [2.24, 2.45) is 0 Å². The summed E-state index contributed by atoms with van der Waals surface area (Å²) in [5.74, 6) is 0. The fourth-order valence-corrected chi connectivity index (χ4v) is 1.75. The van der Waals surface area contributed by atoms with Crippen LogP contribution < -0.4 is 11.1 Å². The molecular formula is C19H32N2O2. The van der Waals surface area contributed by atoms with Gasteiger partial charge >= 0.3 is 0 Å². The standard InChI is InChI=1S/2C9H13NO.CH4.H2/c2*1-9(2,3)7-4-5-8(11)10-6-7;;/h2*4-6H,1-3H3,(H,10,11);1H4;1H/i;;;1+1. The highest BCUT2D eigenvalue weighted by Gasteiger charge is 2.13. The summed E-state index contributed by atoms with van der Waals surface area (Å²) in [5, 5.41) is 0. The molecule has 0 spiro atoms. The van der Waals surface area contributed by atoms with Gasteiger partial charge in [0.25, 0.3) is 0 Å². The molecule has 4 nitrogen and oxygen atoms in total. The number of rotatable bonds is 0. The summed E-state index contributed by atoms with van der Waals surface area (Å²) in [7, 11) is 0. The zero-order valence-electron chi connectivity index (χ0n) is 14.3. The maximum absolute atomic E-state index is 10.7. The van der Waals surface area contributed by atoms with Crippen molar-refractivity contribution in [1.29, 1.82) is 0 Å². The molecular weight excluding hydrogens is 288 g/mol. The van der Waals surface area contributed by atoms with Crippen molar-refractivity contribution in [3.63, 3.8) is 0 Å². The summed E-state index contributed by atoms with van der Waals surface area (Å²) in [5.41, 5.74) is 2.44. The third-order valence-corrected chi connectivity index (χ3v) is 3.30. The zero-order chi connectivity index (χ0) is 17.0. The van der Waals surface area contributed by atoms with E-state index in [-0.39, 0.29) is 30.8 Å². The summed E-state index contributed by atoms with van der Waals surface area (Å²) in [6, 6.07) is 6.83. The molecule has 2 rings (SSSR count). The van der Waals surface area contributed by atoms with E-state index in [0.717, 1.165) is 11.1 Å². The molecule has 2 aromatic rings. The van der Waals surface area contributed by atoms with Crippen LogP contribution in [0.1, 0.15) is 61.5 Å². The van der Waals surface area contributed by atoms with E-state index in [2.05, 4.69) is 51.5 Å². The van der Waals surface area contributed by atoms with E-state index in [1.54, 1.807) is 24.5 Å². The third kappa shape index (κ3) is 7.13. The first-order valence-electron chi connectivity index (χ1n) is 7.38. The quantitative estimate of drug-likeness (QED) is 0.762. The molecule has 0 radical (unpaired) electrons. The summed E-state index contributed by atoms with van der Waals surface area (Å²) in [6.45, 7) is 12.7. The predicted molar refractivity (Wildman–Crippen MR) is 100 cm³/mol. The lowest BCUT2D eigenvalue weighted by Gasteiger charge is -2.17. The average Bonchev–Trinajstić information content (AvgIpc) is 2.38. The zero-order valence-corrected chi connectivity index (χ0v) is 14.3. The predicted octanol–water partition coefficient (Wildman–Crippen LogP) is 4.23. The van der Waals surface area contributed by atoms with Crippen LogP contribution in [0.3, 0.4) is 0 Å². The number of H-pyrrole nitrogens is 2. The first kappa shape index (κ1) is 20.9. The fraction of sp³-hybridized carbons (Fsp3) is 0.474. The lowest BCUT2D eigenvalue weighted by atomic mass is 9.88. The first-order valence-corrected chi connectivity index (χ1v) is 7.38. The Morgan fingerprint density at radius 1 is 0.696 bits per heavy atom. The molecule has 23 heavy (non-hydrogen) atoms. The van der Waals surface area contributed by atoms with E-state index in [1.165, 1.54) is 0 Å². The molecule has 0 aliphatic rings. The van der Waals surface area contributed by atoms with Gasteiger partial charge in [-0.25, -0.2) is 0 Å². The molecule has 0 bridgehead atoms. The van der Waals surface area contributed by atoms with Gasteiger partial charge < -0.3 is 9.97 Å². The number of aromatic nitrogens is 2. The van der Waals surface area contributed by atoms with Crippen LogP contribution in [0.25, 0.3) is 0 Å². The first-order chi connectivity index (χ1) is 10.00. The molecule has 0 aliphatic carbocycles. The van der Waals surface area contributed by atoms with Crippen LogP contribution in [0.5, 0.6) is 0 Å². The van der Waals surface area contributed by atoms with Gasteiger partial charge in [-0.05, 0) is 22.0 Å². The highest BCUT2D eigenvalue weighted by Crippen LogP contribution is 2.20. The average molecular weight is 321 g/mol. The molecule has 0 aliphatic heterocycles. The monoisotopic (exact) mass is 321 g/mol. The van der Waals surface area contributed by atoms with Crippen molar-refractivity contribution in [1.82, 2.24) is 9.97 Å². The number of hydrogen-bond acceptors (Lipinski definition) is 2. The molecule has 0 saturated carbocycles. The summed E-state index contributed by atoms with van der Waals surface area (Å²) < 4.78 is 0. The van der Waals surface area contributed by atoms with Crippen LogP contribution in [0.4, 0.5) is 0 Å². The summed E-state index contributed by atoms with van der Waals surface area (Å²) in [4.78, 5) is 26.7. The molecule has 4 heteroatoms. The van der Waals surface area contributed by atoms with Crippen LogP contribution in [0.15, 0.2) is 46.2 Å². The molecule has 2 aromatic heterocycles. The normalized spacial score (nSPS) is 11.0. The van der Waals surface area contributed by atoms with Crippen LogP contribution in [0, 0.1) is 0 Å². The van der Waals surface area contributed by atoms with Crippen molar-refractivity contribution in [3.8, 4) is 0 Å². The Labute approximate surface area is 140 Å². The van der Waals surface area contributed by atoms with E-state index >= 15 is 0 Å². The number of aromatic amines is 2.